The van der Waals surface area contributed by atoms with Gasteiger partial charge in [0.25, 0.3) is 5.91 Å². The van der Waals surface area contributed by atoms with Crippen molar-refractivity contribution in [2.75, 3.05) is 0 Å². The molecule has 1 aliphatic rings. The molecule has 2 aromatic rings. The molecule has 9 heteroatoms. The Balaban J connectivity index is 0.00000182. The SMILES string of the molecule is Cl.Cl.NC1CCC(NC(=O)c2cccnc2Oc2ccc(Cl)cc2Cl)CC1. The van der Waals surface area contributed by atoms with Gasteiger partial charge in [0.2, 0.25) is 5.88 Å². The lowest BCUT2D eigenvalue weighted by Crippen LogP contribution is -2.40. The Morgan fingerprint density at radius 1 is 1.15 bits per heavy atom. The predicted molar refractivity (Wildman–Crippen MR) is 113 cm³/mol. The zero-order chi connectivity index (χ0) is 17.8. The standard InChI is InChI=1S/C18H19Cl2N3O2.2ClH/c19-11-3-8-16(15(20)10-11)25-18-14(2-1-9-22-18)17(24)23-13-6-4-12(21)5-7-13;;/h1-3,8-10,12-13H,4-7,21H2,(H,23,24);2*1H. The maximum Gasteiger partial charge on any atom is 0.257 e. The molecule has 0 spiro atoms. The monoisotopic (exact) mass is 451 g/mol. The van der Waals surface area contributed by atoms with Crippen molar-refractivity contribution in [1.82, 2.24) is 10.3 Å². The van der Waals surface area contributed by atoms with Crippen LogP contribution < -0.4 is 15.8 Å². The van der Waals surface area contributed by atoms with E-state index in [-0.39, 0.29) is 48.7 Å². The van der Waals surface area contributed by atoms with Gasteiger partial charge in [0.05, 0.1) is 5.02 Å². The number of amides is 1. The highest BCUT2D eigenvalue weighted by molar-refractivity contribution is 6.35. The second-order valence-electron chi connectivity index (χ2n) is 6.12. The van der Waals surface area contributed by atoms with Crippen LogP contribution in [0, 0.1) is 0 Å². The van der Waals surface area contributed by atoms with Gasteiger partial charge in [-0.05, 0) is 56.0 Å². The fraction of sp³-hybridized carbons (Fsp3) is 0.333. The van der Waals surface area contributed by atoms with Crippen LogP contribution in [0.4, 0.5) is 0 Å². The molecule has 0 bridgehead atoms. The third kappa shape index (κ3) is 6.40. The first-order valence-electron chi connectivity index (χ1n) is 8.17. The van der Waals surface area contributed by atoms with E-state index in [0.29, 0.717) is 21.4 Å². The lowest BCUT2D eigenvalue weighted by Gasteiger charge is -2.26. The predicted octanol–water partition coefficient (Wildman–Crippen LogP) is 5.02. The van der Waals surface area contributed by atoms with Crippen LogP contribution in [0.25, 0.3) is 0 Å². The summed E-state index contributed by atoms with van der Waals surface area (Å²) in [5.41, 5.74) is 6.27. The molecule has 148 valence electrons. The molecule has 3 rings (SSSR count). The van der Waals surface area contributed by atoms with E-state index in [1.54, 1.807) is 36.5 Å². The molecule has 1 saturated carbocycles. The normalized spacial score (nSPS) is 18.6. The highest BCUT2D eigenvalue weighted by Gasteiger charge is 2.22. The number of nitrogens with one attached hydrogen (secondary N) is 1. The quantitative estimate of drug-likeness (QED) is 0.682. The van der Waals surface area contributed by atoms with Gasteiger partial charge in [-0.3, -0.25) is 4.79 Å². The number of halogens is 4. The van der Waals surface area contributed by atoms with Crippen LogP contribution in [-0.2, 0) is 0 Å². The van der Waals surface area contributed by atoms with Crippen molar-refractivity contribution >= 4 is 53.9 Å². The van der Waals surface area contributed by atoms with Crippen molar-refractivity contribution in [3.63, 3.8) is 0 Å². The second kappa shape index (κ2) is 10.9. The van der Waals surface area contributed by atoms with Crippen molar-refractivity contribution in [3.8, 4) is 11.6 Å². The number of hydrogen-bond donors (Lipinski definition) is 2. The summed E-state index contributed by atoms with van der Waals surface area (Å²) in [6, 6.07) is 8.61. The van der Waals surface area contributed by atoms with E-state index in [0.717, 1.165) is 25.7 Å². The van der Waals surface area contributed by atoms with Crippen molar-refractivity contribution < 1.29 is 9.53 Å². The van der Waals surface area contributed by atoms with Gasteiger partial charge in [-0.1, -0.05) is 23.2 Å². The van der Waals surface area contributed by atoms with Crippen LogP contribution in [0.2, 0.25) is 10.0 Å². The van der Waals surface area contributed by atoms with Gasteiger partial charge in [-0.25, -0.2) is 4.98 Å². The molecule has 5 nitrogen and oxygen atoms in total. The summed E-state index contributed by atoms with van der Waals surface area (Å²) in [4.78, 5) is 16.8. The first-order valence-corrected chi connectivity index (χ1v) is 8.93. The number of ether oxygens (including phenoxy) is 1. The molecule has 0 radical (unpaired) electrons. The van der Waals surface area contributed by atoms with E-state index in [2.05, 4.69) is 10.3 Å². The minimum atomic E-state index is -0.214. The van der Waals surface area contributed by atoms with Crippen LogP contribution >= 0.6 is 48.0 Å². The summed E-state index contributed by atoms with van der Waals surface area (Å²) in [5.74, 6) is 0.382. The number of benzene rings is 1. The average Bonchev–Trinajstić information content (AvgIpc) is 2.60. The van der Waals surface area contributed by atoms with Gasteiger partial charge in [0.1, 0.15) is 11.3 Å². The van der Waals surface area contributed by atoms with Gasteiger partial charge in [0.15, 0.2) is 0 Å². The molecule has 0 aliphatic heterocycles. The number of hydrogen-bond acceptors (Lipinski definition) is 4. The summed E-state index contributed by atoms with van der Waals surface area (Å²) in [5, 5.41) is 3.90. The van der Waals surface area contributed by atoms with Crippen molar-refractivity contribution in [2.24, 2.45) is 5.73 Å². The number of carbonyl (C=O) groups excluding carboxylic acids is 1. The molecule has 1 amide bonds. The molecule has 0 unspecified atom stereocenters. The maximum absolute atomic E-state index is 12.6. The third-order valence-electron chi connectivity index (χ3n) is 4.22. The Kier molecular flexibility index (Phi) is 9.63. The maximum atomic E-state index is 12.6. The molecule has 27 heavy (non-hydrogen) atoms. The third-order valence-corrected chi connectivity index (χ3v) is 4.75. The molecule has 0 saturated heterocycles. The zero-order valence-electron chi connectivity index (χ0n) is 14.4. The number of pyridine rings is 1. The van der Waals surface area contributed by atoms with Crippen LogP contribution in [0.5, 0.6) is 11.6 Å². The molecular formula is C18H21Cl4N3O2. The number of aromatic nitrogens is 1. The minimum absolute atomic E-state index is 0. The molecular weight excluding hydrogens is 432 g/mol. The first-order chi connectivity index (χ1) is 12.0. The number of carbonyl (C=O) groups is 1. The highest BCUT2D eigenvalue weighted by Crippen LogP contribution is 2.32. The molecule has 3 N–H and O–H groups in total. The number of nitrogens with zero attached hydrogens (tertiary/aromatic N) is 1. The van der Waals surface area contributed by atoms with Gasteiger partial charge in [-0.2, -0.15) is 0 Å². The highest BCUT2D eigenvalue weighted by atomic mass is 35.5. The average molecular weight is 453 g/mol. The summed E-state index contributed by atoms with van der Waals surface area (Å²) < 4.78 is 5.74. The van der Waals surface area contributed by atoms with E-state index in [4.69, 9.17) is 33.7 Å². The summed E-state index contributed by atoms with van der Waals surface area (Å²) in [7, 11) is 0. The zero-order valence-corrected chi connectivity index (χ0v) is 17.5. The van der Waals surface area contributed by atoms with Gasteiger partial charge >= 0.3 is 0 Å². The molecule has 1 aromatic heterocycles. The minimum Gasteiger partial charge on any atom is -0.437 e. The summed E-state index contributed by atoms with van der Waals surface area (Å²) >= 11 is 12.0. The van der Waals surface area contributed by atoms with Gasteiger partial charge in [0, 0.05) is 23.3 Å². The van der Waals surface area contributed by atoms with Crippen molar-refractivity contribution in [2.45, 2.75) is 37.8 Å². The number of nitrogens with two attached hydrogens (primary N) is 1. The fourth-order valence-corrected chi connectivity index (χ4v) is 3.28. The Bertz CT molecular complexity index is 768. The lowest BCUT2D eigenvalue weighted by molar-refractivity contribution is 0.0923. The fourth-order valence-electron chi connectivity index (χ4n) is 2.83. The lowest BCUT2D eigenvalue weighted by atomic mass is 9.91. The van der Waals surface area contributed by atoms with Crippen molar-refractivity contribution in [3.05, 3.63) is 52.1 Å². The van der Waals surface area contributed by atoms with E-state index in [9.17, 15) is 4.79 Å². The molecule has 1 aromatic carbocycles. The van der Waals surface area contributed by atoms with Crippen molar-refractivity contribution in [1.29, 1.82) is 0 Å². The van der Waals surface area contributed by atoms with E-state index < -0.39 is 0 Å². The van der Waals surface area contributed by atoms with Crippen LogP contribution in [0.1, 0.15) is 36.0 Å². The molecule has 0 atom stereocenters. The molecule has 1 heterocycles. The Morgan fingerprint density at radius 2 is 1.85 bits per heavy atom. The smallest absolute Gasteiger partial charge is 0.257 e. The van der Waals surface area contributed by atoms with Gasteiger partial charge < -0.3 is 15.8 Å². The summed E-state index contributed by atoms with van der Waals surface area (Å²) in [6.45, 7) is 0. The topological polar surface area (TPSA) is 77.2 Å². The van der Waals surface area contributed by atoms with Crippen LogP contribution in [0.15, 0.2) is 36.5 Å². The Labute approximate surface area is 180 Å². The Morgan fingerprint density at radius 3 is 2.52 bits per heavy atom. The Hall–Kier alpha value is -1.24. The van der Waals surface area contributed by atoms with Gasteiger partial charge in [-0.15, -0.1) is 24.8 Å². The first kappa shape index (κ1) is 23.8. The van der Waals surface area contributed by atoms with Crippen LogP contribution in [-0.4, -0.2) is 23.0 Å². The van der Waals surface area contributed by atoms with E-state index in [1.807, 2.05) is 0 Å². The largest absolute Gasteiger partial charge is 0.437 e. The number of rotatable bonds is 4. The second-order valence-corrected chi connectivity index (χ2v) is 6.96. The summed E-state index contributed by atoms with van der Waals surface area (Å²) in [6.07, 6.45) is 5.16. The van der Waals surface area contributed by atoms with E-state index >= 15 is 0 Å². The molecule has 1 fully saturated rings. The van der Waals surface area contributed by atoms with E-state index in [1.165, 1.54) is 0 Å². The molecule has 1 aliphatic carbocycles. The van der Waals surface area contributed by atoms with Crippen LogP contribution in [0.3, 0.4) is 0 Å².